The van der Waals surface area contributed by atoms with Crippen LogP contribution in [0.5, 0.6) is 0 Å². The molecule has 0 spiro atoms. The average Bonchev–Trinajstić information content (AvgIpc) is 3.48. The highest BCUT2D eigenvalue weighted by Crippen LogP contribution is 2.35. The number of thioether (sulfide) groups is 1. The number of rotatable bonds is 7. The third-order valence-corrected chi connectivity index (χ3v) is 6.16. The summed E-state index contributed by atoms with van der Waals surface area (Å²) in [7, 11) is 0. The van der Waals surface area contributed by atoms with Gasteiger partial charge in [0, 0.05) is 17.2 Å². The summed E-state index contributed by atoms with van der Waals surface area (Å²) in [6, 6.07) is 14.7. The first-order chi connectivity index (χ1) is 12.7. The van der Waals surface area contributed by atoms with E-state index in [1.165, 1.54) is 22.6 Å². The Bertz CT molecular complexity index is 823. The third kappa shape index (κ3) is 3.31. The van der Waals surface area contributed by atoms with Crippen LogP contribution in [0.25, 0.3) is 0 Å². The van der Waals surface area contributed by atoms with Crippen LogP contribution >= 0.6 is 11.8 Å². The lowest BCUT2D eigenvalue weighted by Gasteiger charge is -2.19. The van der Waals surface area contributed by atoms with Crippen molar-refractivity contribution in [1.82, 2.24) is 4.90 Å². The molecule has 2 aliphatic rings. The zero-order valence-corrected chi connectivity index (χ0v) is 15.1. The summed E-state index contributed by atoms with van der Waals surface area (Å²) in [6.45, 7) is 0.0738. The first-order valence-electron chi connectivity index (χ1n) is 8.80. The largest absolute Gasteiger partial charge is 0.303 e. The van der Waals surface area contributed by atoms with Gasteiger partial charge >= 0.3 is 0 Å². The van der Waals surface area contributed by atoms with E-state index in [-0.39, 0.29) is 18.4 Å². The molecule has 0 saturated heterocycles. The molecule has 0 aromatic heterocycles. The van der Waals surface area contributed by atoms with Gasteiger partial charge in [0.25, 0.3) is 11.8 Å². The smallest absolute Gasteiger partial charge is 0.261 e. The first kappa shape index (κ1) is 17.0. The van der Waals surface area contributed by atoms with E-state index in [9.17, 15) is 14.4 Å². The van der Waals surface area contributed by atoms with E-state index in [0.717, 1.165) is 23.5 Å². The van der Waals surface area contributed by atoms with Crippen molar-refractivity contribution in [2.45, 2.75) is 23.7 Å². The molecule has 1 atom stereocenters. The summed E-state index contributed by atoms with van der Waals surface area (Å²) >= 11 is 1.84. The molecule has 2 aromatic carbocycles. The molecule has 4 nitrogen and oxygen atoms in total. The molecule has 1 aliphatic heterocycles. The van der Waals surface area contributed by atoms with Crippen LogP contribution in [0.3, 0.4) is 0 Å². The molecule has 2 aromatic rings. The average molecular weight is 365 g/mol. The van der Waals surface area contributed by atoms with Crippen molar-refractivity contribution >= 4 is 29.9 Å². The van der Waals surface area contributed by atoms with E-state index in [2.05, 4.69) is 0 Å². The zero-order chi connectivity index (χ0) is 18.1. The second-order valence-electron chi connectivity index (χ2n) is 6.83. The molecule has 0 radical (unpaired) electrons. The van der Waals surface area contributed by atoms with Gasteiger partial charge in [-0.3, -0.25) is 14.5 Å². The maximum atomic E-state index is 12.5. The van der Waals surface area contributed by atoms with Crippen molar-refractivity contribution in [1.29, 1.82) is 0 Å². The Morgan fingerprint density at radius 2 is 1.62 bits per heavy atom. The van der Waals surface area contributed by atoms with E-state index in [0.29, 0.717) is 11.1 Å². The Labute approximate surface area is 156 Å². The van der Waals surface area contributed by atoms with Gasteiger partial charge in [0.2, 0.25) is 0 Å². The number of hydrogen-bond acceptors (Lipinski definition) is 4. The van der Waals surface area contributed by atoms with Crippen LogP contribution in [-0.4, -0.2) is 35.3 Å². The van der Waals surface area contributed by atoms with Crippen LogP contribution in [0.1, 0.15) is 45.0 Å². The van der Waals surface area contributed by atoms with Gasteiger partial charge in [-0.05, 0) is 48.6 Å². The van der Waals surface area contributed by atoms with Gasteiger partial charge in [0.05, 0.1) is 17.0 Å². The number of hydrogen-bond donors (Lipinski definition) is 0. The predicted molar refractivity (Wildman–Crippen MR) is 101 cm³/mol. The topological polar surface area (TPSA) is 54.5 Å². The number of fused-ring (bicyclic) bond motifs is 1. The standard InChI is InChI=1S/C21H19NO3S/c23-12-16(15-7-9-17(10-8-15)26-13-14-5-6-14)11-22-20(24)18-3-1-2-4-19(18)21(22)25/h1-4,7-10,12,14,16H,5-6,11,13H2. The zero-order valence-electron chi connectivity index (χ0n) is 14.3. The van der Waals surface area contributed by atoms with Crippen LogP contribution in [-0.2, 0) is 4.79 Å². The van der Waals surface area contributed by atoms with Gasteiger partial charge in [-0.2, -0.15) is 0 Å². The molecule has 2 amide bonds. The third-order valence-electron chi connectivity index (χ3n) is 4.91. The quantitative estimate of drug-likeness (QED) is 0.426. The fraction of sp³-hybridized carbons (Fsp3) is 0.286. The monoisotopic (exact) mass is 365 g/mol. The molecule has 1 aliphatic carbocycles. The van der Waals surface area contributed by atoms with Gasteiger partial charge in [-0.15, -0.1) is 11.8 Å². The SMILES string of the molecule is O=CC(CN1C(=O)c2ccccc2C1=O)c1ccc(SCC2CC2)cc1. The molecular formula is C21H19NO3S. The van der Waals surface area contributed by atoms with Gasteiger partial charge in [-0.1, -0.05) is 24.3 Å². The van der Waals surface area contributed by atoms with Gasteiger partial charge in [0.15, 0.2) is 0 Å². The van der Waals surface area contributed by atoms with Gasteiger partial charge in [0.1, 0.15) is 6.29 Å². The van der Waals surface area contributed by atoms with Crippen molar-refractivity contribution in [3.05, 3.63) is 65.2 Å². The Hall–Kier alpha value is -2.40. The predicted octanol–water partition coefficient (Wildman–Crippen LogP) is 3.77. The highest BCUT2D eigenvalue weighted by Gasteiger charge is 2.36. The van der Waals surface area contributed by atoms with Crippen LogP contribution < -0.4 is 0 Å². The number of imide groups is 1. The summed E-state index contributed by atoms with van der Waals surface area (Å²) in [5, 5.41) is 0. The minimum atomic E-state index is -0.514. The number of carbonyl (C=O) groups is 3. The molecule has 132 valence electrons. The number of nitrogens with zero attached hydrogens (tertiary/aromatic N) is 1. The van der Waals surface area contributed by atoms with E-state index in [1.54, 1.807) is 24.3 Å². The number of aldehydes is 1. The molecule has 0 bridgehead atoms. The minimum Gasteiger partial charge on any atom is -0.303 e. The second-order valence-corrected chi connectivity index (χ2v) is 7.93. The van der Waals surface area contributed by atoms with E-state index < -0.39 is 5.92 Å². The summed E-state index contributed by atoms with van der Waals surface area (Å²) in [6.07, 6.45) is 3.48. The van der Waals surface area contributed by atoms with E-state index >= 15 is 0 Å². The number of benzene rings is 2. The normalized spacial score (nSPS) is 17.3. The Kier molecular flexibility index (Phi) is 4.64. The van der Waals surface area contributed by atoms with Crippen molar-refractivity contribution in [3.63, 3.8) is 0 Å². The van der Waals surface area contributed by atoms with Crippen molar-refractivity contribution in [3.8, 4) is 0 Å². The van der Waals surface area contributed by atoms with Crippen molar-refractivity contribution in [2.75, 3.05) is 12.3 Å². The molecule has 1 saturated carbocycles. The summed E-state index contributed by atoms with van der Waals surface area (Å²) in [5.41, 5.74) is 1.65. The van der Waals surface area contributed by atoms with Crippen LogP contribution in [0, 0.1) is 5.92 Å². The molecule has 0 N–H and O–H groups in total. The lowest BCUT2D eigenvalue weighted by Crippen LogP contribution is -2.34. The highest BCUT2D eigenvalue weighted by atomic mass is 32.2. The Balaban J connectivity index is 1.47. The Morgan fingerprint density at radius 3 is 2.15 bits per heavy atom. The molecule has 5 heteroatoms. The second kappa shape index (κ2) is 7.08. The van der Waals surface area contributed by atoms with E-state index in [1.807, 2.05) is 36.0 Å². The highest BCUT2D eigenvalue weighted by molar-refractivity contribution is 7.99. The molecule has 1 fully saturated rings. The van der Waals surface area contributed by atoms with Crippen LogP contribution in [0.15, 0.2) is 53.4 Å². The summed E-state index contributed by atoms with van der Waals surface area (Å²) in [5.74, 6) is 0.838. The summed E-state index contributed by atoms with van der Waals surface area (Å²) in [4.78, 5) is 39.0. The lowest BCUT2D eigenvalue weighted by atomic mass is 10.00. The fourth-order valence-corrected chi connectivity index (χ4v) is 4.23. The van der Waals surface area contributed by atoms with Gasteiger partial charge in [-0.25, -0.2) is 0 Å². The van der Waals surface area contributed by atoms with E-state index in [4.69, 9.17) is 0 Å². The number of carbonyl (C=O) groups excluding carboxylic acids is 3. The fourth-order valence-electron chi connectivity index (χ4n) is 3.14. The molecular weight excluding hydrogens is 346 g/mol. The summed E-state index contributed by atoms with van der Waals surface area (Å²) < 4.78 is 0. The molecule has 4 rings (SSSR count). The molecule has 1 unspecified atom stereocenters. The molecule has 1 heterocycles. The van der Waals surface area contributed by atoms with Crippen molar-refractivity contribution < 1.29 is 14.4 Å². The Morgan fingerprint density at radius 1 is 1.00 bits per heavy atom. The lowest BCUT2D eigenvalue weighted by molar-refractivity contribution is -0.109. The maximum absolute atomic E-state index is 12.5. The molecule has 26 heavy (non-hydrogen) atoms. The first-order valence-corrected chi connectivity index (χ1v) is 9.79. The van der Waals surface area contributed by atoms with Crippen molar-refractivity contribution in [2.24, 2.45) is 5.92 Å². The van der Waals surface area contributed by atoms with Gasteiger partial charge < -0.3 is 4.79 Å². The minimum absolute atomic E-state index is 0.0738. The van der Waals surface area contributed by atoms with Crippen LogP contribution in [0.2, 0.25) is 0 Å². The number of amides is 2. The van der Waals surface area contributed by atoms with Crippen LogP contribution in [0.4, 0.5) is 0 Å². The maximum Gasteiger partial charge on any atom is 0.261 e.